The summed E-state index contributed by atoms with van der Waals surface area (Å²) in [7, 11) is 1.61. The summed E-state index contributed by atoms with van der Waals surface area (Å²) in [5.74, 6) is 1.11. The van der Waals surface area contributed by atoms with E-state index >= 15 is 0 Å². The van der Waals surface area contributed by atoms with Gasteiger partial charge in [0.25, 0.3) is 0 Å². The van der Waals surface area contributed by atoms with Crippen LogP contribution < -0.4 is 4.74 Å². The van der Waals surface area contributed by atoms with Gasteiger partial charge < -0.3 is 9.72 Å². The number of hydrogen-bond acceptors (Lipinski definition) is 6. The van der Waals surface area contributed by atoms with Crippen molar-refractivity contribution in [2.24, 2.45) is 5.92 Å². The third-order valence-corrected chi connectivity index (χ3v) is 6.02. The summed E-state index contributed by atoms with van der Waals surface area (Å²) < 4.78 is 19.6. The molecule has 0 amide bonds. The summed E-state index contributed by atoms with van der Waals surface area (Å²) in [4.78, 5) is 21.4. The van der Waals surface area contributed by atoms with E-state index in [4.69, 9.17) is 9.72 Å². The fourth-order valence-electron chi connectivity index (χ4n) is 4.09. The van der Waals surface area contributed by atoms with Crippen molar-refractivity contribution in [3.63, 3.8) is 0 Å². The Morgan fingerprint density at radius 1 is 1.09 bits per heavy atom. The molecule has 5 aromatic heterocycles. The maximum atomic E-state index is 14.3. The molecular formula is C25H20FN7O. The Morgan fingerprint density at radius 3 is 2.82 bits per heavy atom. The fourth-order valence-corrected chi connectivity index (χ4v) is 4.09. The van der Waals surface area contributed by atoms with Gasteiger partial charge in [0.15, 0.2) is 11.5 Å². The standard InChI is InChI=1S/C25H20FN7O/c1-13-3-4-14(9-19(13)26)21-23-20(5-6-28-21)30-25(31-23)22-18-8-16(11-29-24(18)33-32-22)15-7-17(34-2)12-27-10-15/h3-13,19H,1-2H3,(H,30,31)(H,29,32,33). The van der Waals surface area contributed by atoms with E-state index in [1.807, 2.05) is 37.3 Å². The predicted molar refractivity (Wildman–Crippen MR) is 128 cm³/mol. The van der Waals surface area contributed by atoms with Crippen molar-refractivity contribution in [2.45, 2.75) is 13.1 Å². The van der Waals surface area contributed by atoms with Gasteiger partial charge in [-0.3, -0.25) is 15.1 Å². The molecule has 0 radical (unpaired) electrons. The molecular weight excluding hydrogens is 433 g/mol. The van der Waals surface area contributed by atoms with Gasteiger partial charge >= 0.3 is 0 Å². The van der Waals surface area contributed by atoms with Crippen LogP contribution in [0.1, 0.15) is 12.6 Å². The first-order chi connectivity index (χ1) is 16.6. The van der Waals surface area contributed by atoms with Crippen LogP contribution in [0.4, 0.5) is 4.39 Å². The lowest BCUT2D eigenvalue weighted by Gasteiger charge is -2.15. The number of alkyl halides is 1. The smallest absolute Gasteiger partial charge is 0.181 e. The lowest BCUT2D eigenvalue weighted by Crippen LogP contribution is -2.11. The zero-order valence-corrected chi connectivity index (χ0v) is 18.5. The van der Waals surface area contributed by atoms with Crippen molar-refractivity contribution in [3.05, 3.63) is 66.9 Å². The molecule has 2 N–H and O–H groups in total. The number of nitrogens with zero attached hydrogens (tertiary/aromatic N) is 5. The third-order valence-electron chi connectivity index (χ3n) is 6.02. The first kappa shape index (κ1) is 20.2. The van der Waals surface area contributed by atoms with Gasteiger partial charge in [0.05, 0.1) is 29.9 Å². The number of aromatic amines is 2. The zero-order valence-electron chi connectivity index (χ0n) is 18.5. The number of pyridine rings is 3. The summed E-state index contributed by atoms with van der Waals surface area (Å²) in [5.41, 5.74) is 5.84. The number of halogens is 1. The Labute approximate surface area is 193 Å². The molecule has 0 aromatic carbocycles. The highest BCUT2D eigenvalue weighted by Gasteiger charge is 2.21. The molecule has 5 aromatic rings. The van der Waals surface area contributed by atoms with Crippen molar-refractivity contribution in [2.75, 3.05) is 7.11 Å². The van der Waals surface area contributed by atoms with E-state index < -0.39 is 6.17 Å². The van der Waals surface area contributed by atoms with Crippen LogP contribution in [-0.4, -0.2) is 48.4 Å². The van der Waals surface area contributed by atoms with Crippen LogP contribution in [0.2, 0.25) is 0 Å². The molecule has 0 saturated heterocycles. The van der Waals surface area contributed by atoms with Gasteiger partial charge in [-0.15, -0.1) is 0 Å². The Kier molecular flexibility index (Phi) is 4.68. The van der Waals surface area contributed by atoms with Crippen molar-refractivity contribution < 1.29 is 9.13 Å². The first-order valence-corrected chi connectivity index (χ1v) is 10.8. The molecule has 5 heterocycles. The Balaban J connectivity index is 1.46. The number of rotatable bonds is 4. The molecule has 0 bridgehead atoms. The third kappa shape index (κ3) is 3.33. The second-order valence-electron chi connectivity index (χ2n) is 8.23. The highest BCUT2D eigenvalue weighted by atomic mass is 19.1. The van der Waals surface area contributed by atoms with Crippen LogP contribution in [0.25, 0.3) is 50.3 Å². The zero-order chi connectivity index (χ0) is 23.2. The normalized spacial score (nSPS) is 17.9. The summed E-state index contributed by atoms with van der Waals surface area (Å²) in [6.07, 6.45) is 11.2. The molecule has 0 saturated carbocycles. The number of nitrogens with one attached hydrogen (secondary N) is 2. The molecule has 6 rings (SSSR count). The van der Waals surface area contributed by atoms with Gasteiger partial charge in [0, 0.05) is 41.2 Å². The minimum atomic E-state index is -1.05. The van der Waals surface area contributed by atoms with Gasteiger partial charge in [-0.2, -0.15) is 5.10 Å². The van der Waals surface area contributed by atoms with Crippen LogP contribution in [0.5, 0.6) is 5.75 Å². The van der Waals surface area contributed by atoms with E-state index in [0.29, 0.717) is 34.1 Å². The van der Waals surface area contributed by atoms with Crippen LogP contribution >= 0.6 is 0 Å². The topological polar surface area (TPSA) is 105 Å². The van der Waals surface area contributed by atoms with Gasteiger partial charge in [-0.05, 0) is 24.3 Å². The van der Waals surface area contributed by atoms with Crippen LogP contribution in [0.15, 0.2) is 61.2 Å². The number of H-pyrrole nitrogens is 2. The Morgan fingerprint density at radius 2 is 1.97 bits per heavy atom. The monoisotopic (exact) mass is 453 g/mol. The minimum Gasteiger partial charge on any atom is -0.495 e. The Bertz CT molecular complexity index is 1600. The highest BCUT2D eigenvalue weighted by molar-refractivity contribution is 5.96. The second kappa shape index (κ2) is 7.87. The molecule has 34 heavy (non-hydrogen) atoms. The number of methoxy groups -OCH3 is 1. The molecule has 1 aliphatic rings. The predicted octanol–water partition coefficient (Wildman–Crippen LogP) is 4.89. The van der Waals surface area contributed by atoms with E-state index in [2.05, 4.69) is 30.1 Å². The lowest BCUT2D eigenvalue weighted by molar-refractivity contribution is 0.335. The molecule has 0 spiro atoms. The van der Waals surface area contributed by atoms with Gasteiger partial charge in [-0.25, -0.2) is 14.4 Å². The van der Waals surface area contributed by atoms with Crippen LogP contribution in [0, 0.1) is 5.92 Å². The number of fused-ring (bicyclic) bond motifs is 2. The van der Waals surface area contributed by atoms with Crippen LogP contribution in [-0.2, 0) is 0 Å². The summed E-state index contributed by atoms with van der Waals surface area (Å²) in [6.45, 7) is 1.85. The molecule has 168 valence electrons. The van der Waals surface area contributed by atoms with E-state index in [1.54, 1.807) is 38.0 Å². The highest BCUT2D eigenvalue weighted by Crippen LogP contribution is 2.32. The summed E-state index contributed by atoms with van der Waals surface area (Å²) in [6, 6.07) is 5.74. The summed E-state index contributed by atoms with van der Waals surface area (Å²) >= 11 is 0. The molecule has 2 unspecified atom stereocenters. The first-order valence-electron chi connectivity index (χ1n) is 10.8. The molecule has 9 heteroatoms. The molecule has 2 atom stereocenters. The van der Waals surface area contributed by atoms with Gasteiger partial charge in [0.2, 0.25) is 0 Å². The number of aromatic nitrogens is 7. The number of imidazole rings is 1. The molecule has 0 fully saturated rings. The number of hydrogen-bond donors (Lipinski definition) is 2. The quantitative estimate of drug-likeness (QED) is 0.401. The van der Waals surface area contributed by atoms with E-state index in [9.17, 15) is 4.39 Å². The van der Waals surface area contributed by atoms with Gasteiger partial charge in [-0.1, -0.05) is 19.1 Å². The number of ether oxygens (including phenoxy) is 1. The molecule has 8 nitrogen and oxygen atoms in total. The SMILES string of the molecule is COc1cncc(-c2cnc3n[nH]c(-c4nc5c(C6=CC(F)C(C)C=C6)nccc5[nH]4)c3c2)c1. The van der Waals surface area contributed by atoms with Crippen LogP contribution in [0.3, 0.4) is 0 Å². The minimum absolute atomic E-state index is 0.157. The van der Waals surface area contributed by atoms with E-state index in [0.717, 1.165) is 27.6 Å². The van der Waals surface area contributed by atoms with E-state index in [-0.39, 0.29) is 5.92 Å². The van der Waals surface area contributed by atoms with E-state index in [1.165, 1.54) is 0 Å². The molecule has 1 aliphatic carbocycles. The van der Waals surface area contributed by atoms with Gasteiger partial charge in [0.1, 0.15) is 23.1 Å². The largest absolute Gasteiger partial charge is 0.495 e. The average Bonchev–Trinajstić information content (AvgIpc) is 3.49. The number of allylic oxidation sites excluding steroid dienone is 4. The lowest BCUT2D eigenvalue weighted by atomic mass is 9.94. The average molecular weight is 453 g/mol. The summed E-state index contributed by atoms with van der Waals surface area (Å²) in [5, 5.41) is 8.20. The van der Waals surface area contributed by atoms with Crippen molar-refractivity contribution in [1.82, 2.24) is 35.1 Å². The second-order valence-corrected chi connectivity index (χ2v) is 8.23. The maximum absolute atomic E-state index is 14.3. The van der Waals surface area contributed by atoms with Crippen molar-refractivity contribution in [1.29, 1.82) is 0 Å². The van der Waals surface area contributed by atoms with Crippen molar-refractivity contribution >= 4 is 27.6 Å². The van der Waals surface area contributed by atoms with Crippen molar-refractivity contribution in [3.8, 4) is 28.4 Å². The maximum Gasteiger partial charge on any atom is 0.181 e. The molecule has 0 aliphatic heterocycles. The Hall–Kier alpha value is -4.40. The fraction of sp³-hybridized carbons (Fsp3) is 0.160.